The summed E-state index contributed by atoms with van der Waals surface area (Å²) in [5.74, 6) is 0.176. The topological polar surface area (TPSA) is 101 Å². The molecule has 1 aliphatic heterocycles. The Kier molecular flexibility index (Phi) is 6.52. The summed E-state index contributed by atoms with van der Waals surface area (Å²) >= 11 is 9.47. The Morgan fingerprint density at radius 2 is 2.00 bits per heavy atom. The van der Waals surface area contributed by atoms with Gasteiger partial charge in [-0.15, -0.1) is 0 Å². The summed E-state index contributed by atoms with van der Waals surface area (Å²) in [4.78, 5) is 38.2. The van der Waals surface area contributed by atoms with Crippen molar-refractivity contribution in [2.75, 3.05) is 19.0 Å². The SMILES string of the molecule is COc1ccccc1NC(=O)CN1C(=O)N/C(=C/c2ccc(-c3ccc(Br)c(Cl)c3)o2)C1=O. The average molecular weight is 531 g/mol. The smallest absolute Gasteiger partial charge is 0.329 e. The maximum Gasteiger partial charge on any atom is 0.329 e. The molecule has 1 fully saturated rings. The molecule has 33 heavy (non-hydrogen) atoms. The molecular weight excluding hydrogens is 514 g/mol. The first-order valence-corrected chi connectivity index (χ1v) is 10.9. The minimum atomic E-state index is -0.701. The van der Waals surface area contributed by atoms with Crippen LogP contribution in [0.1, 0.15) is 5.76 Å². The number of hydrogen-bond donors (Lipinski definition) is 2. The van der Waals surface area contributed by atoms with Gasteiger partial charge in [0.25, 0.3) is 5.91 Å². The molecule has 8 nitrogen and oxygen atoms in total. The van der Waals surface area contributed by atoms with Crippen molar-refractivity contribution in [3.8, 4) is 17.1 Å². The Morgan fingerprint density at radius 1 is 1.21 bits per heavy atom. The first kappa shape index (κ1) is 22.6. The molecule has 3 aromatic rings. The van der Waals surface area contributed by atoms with Crippen molar-refractivity contribution in [2.45, 2.75) is 0 Å². The van der Waals surface area contributed by atoms with Crippen LogP contribution in [0.2, 0.25) is 5.02 Å². The van der Waals surface area contributed by atoms with E-state index in [4.69, 9.17) is 20.8 Å². The van der Waals surface area contributed by atoms with Gasteiger partial charge in [0.15, 0.2) is 0 Å². The Balaban J connectivity index is 1.46. The molecule has 0 atom stereocenters. The molecule has 4 amide bonds. The molecule has 168 valence electrons. The fourth-order valence-corrected chi connectivity index (χ4v) is 3.60. The summed E-state index contributed by atoms with van der Waals surface area (Å²) in [5.41, 5.74) is 1.19. The number of benzene rings is 2. The number of carbonyl (C=O) groups excluding carboxylic acids is 3. The second kappa shape index (κ2) is 9.51. The standard InChI is InChI=1S/C23H17BrClN3O5/c1-32-20-5-3-2-4-17(20)26-21(29)12-28-22(30)18(27-23(28)31)11-14-7-9-19(33-14)13-6-8-15(24)16(25)10-13/h2-11H,12H2,1H3,(H,26,29)(H,27,31)/b18-11+. The number of urea groups is 1. The zero-order chi connectivity index (χ0) is 23.5. The second-order valence-electron chi connectivity index (χ2n) is 6.96. The van der Waals surface area contributed by atoms with Gasteiger partial charge < -0.3 is 19.8 Å². The highest BCUT2D eigenvalue weighted by Crippen LogP contribution is 2.30. The molecule has 0 radical (unpaired) electrons. The molecule has 2 N–H and O–H groups in total. The summed E-state index contributed by atoms with van der Waals surface area (Å²) in [6.45, 7) is -0.457. The van der Waals surface area contributed by atoms with Crippen molar-refractivity contribution < 1.29 is 23.5 Å². The molecule has 0 aliphatic carbocycles. The summed E-state index contributed by atoms with van der Waals surface area (Å²) in [7, 11) is 1.48. The number of halogens is 2. The van der Waals surface area contributed by atoms with Gasteiger partial charge in [-0.1, -0.05) is 29.8 Å². The van der Waals surface area contributed by atoms with Crippen molar-refractivity contribution in [3.63, 3.8) is 0 Å². The summed E-state index contributed by atoms with van der Waals surface area (Å²) in [6.07, 6.45) is 1.41. The summed E-state index contributed by atoms with van der Waals surface area (Å²) < 4.78 is 11.7. The van der Waals surface area contributed by atoms with Crippen LogP contribution in [0.15, 0.2) is 69.2 Å². The number of rotatable bonds is 6. The van der Waals surface area contributed by atoms with Gasteiger partial charge in [0.2, 0.25) is 5.91 Å². The number of amides is 4. The van der Waals surface area contributed by atoms with Gasteiger partial charge in [0, 0.05) is 16.1 Å². The van der Waals surface area contributed by atoms with Gasteiger partial charge in [-0.2, -0.15) is 0 Å². The van der Waals surface area contributed by atoms with Crippen LogP contribution < -0.4 is 15.4 Å². The van der Waals surface area contributed by atoms with E-state index in [1.165, 1.54) is 13.2 Å². The zero-order valence-corrected chi connectivity index (χ0v) is 19.6. The third-order valence-electron chi connectivity index (χ3n) is 4.76. The highest BCUT2D eigenvalue weighted by atomic mass is 79.9. The van der Waals surface area contributed by atoms with Crippen LogP contribution in [0.4, 0.5) is 10.5 Å². The molecule has 2 aromatic carbocycles. The molecule has 0 spiro atoms. The molecule has 0 unspecified atom stereocenters. The second-order valence-corrected chi connectivity index (χ2v) is 8.22. The van der Waals surface area contributed by atoms with E-state index >= 15 is 0 Å². The highest BCUT2D eigenvalue weighted by Gasteiger charge is 2.35. The van der Waals surface area contributed by atoms with Gasteiger partial charge in [0.05, 0.1) is 17.8 Å². The van der Waals surface area contributed by atoms with Crippen LogP contribution in [-0.4, -0.2) is 36.4 Å². The van der Waals surface area contributed by atoms with E-state index in [-0.39, 0.29) is 5.70 Å². The van der Waals surface area contributed by atoms with Crippen LogP contribution in [0.3, 0.4) is 0 Å². The lowest BCUT2D eigenvalue weighted by atomic mass is 10.2. The Morgan fingerprint density at radius 3 is 2.76 bits per heavy atom. The molecular formula is C23H17BrClN3O5. The number of furan rings is 1. The molecule has 10 heteroatoms. The molecule has 1 aliphatic rings. The Labute approximate surface area is 202 Å². The number of carbonyl (C=O) groups is 3. The number of nitrogens with one attached hydrogen (secondary N) is 2. The first-order valence-electron chi connectivity index (χ1n) is 9.68. The van der Waals surface area contributed by atoms with E-state index < -0.39 is 24.4 Å². The normalized spacial score (nSPS) is 14.5. The largest absolute Gasteiger partial charge is 0.495 e. The predicted octanol–water partition coefficient (Wildman–Crippen LogP) is 4.90. The van der Waals surface area contributed by atoms with E-state index in [1.807, 2.05) is 6.07 Å². The molecule has 0 saturated carbocycles. The number of methoxy groups -OCH3 is 1. The number of para-hydroxylation sites is 2. The van der Waals surface area contributed by atoms with Gasteiger partial charge in [-0.3, -0.25) is 9.59 Å². The third kappa shape index (κ3) is 4.94. The third-order valence-corrected chi connectivity index (χ3v) is 6.00. The number of anilines is 1. The number of nitrogens with zero attached hydrogens (tertiary/aromatic N) is 1. The van der Waals surface area contributed by atoms with Gasteiger partial charge >= 0.3 is 6.03 Å². The van der Waals surface area contributed by atoms with Crippen LogP contribution >= 0.6 is 27.5 Å². The highest BCUT2D eigenvalue weighted by molar-refractivity contribution is 9.10. The Bertz CT molecular complexity index is 1290. The summed E-state index contributed by atoms with van der Waals surface area (Å²) in [6, 6.07) is 14.9. The van der Waals surface area contributed by atoms with Crippen LogP contribution in [-0.2, 0) is 9.59 Å². The molecule has 1 saturated heterocycles. The minimum absolute atomic E-state index is 0.000157. The van der Waals surface area contributed by atoms with E-state index in [9.17, 15) is 14.4 Å². The quantitative estimate of drug-likeness (QED) is 0.349. The lowest BCUT2D eigenvalue weighted by Gasteiger charge is -2.13. The van der Waals surface area contributed by atoms with Gasteiger partial charge in [-0.25, -0.2) is 9.69 Å². The van der Waals surface area contributed by atoms with Crippen LogP contribution in [0, 0.1) is 0 Å². The molecule has 4 rings (SSSR count). The fourth-order valence-electron chi connectivity index (χ4n) is 3.17. The monoisotopic (exact) mass is 529 g/mol. The Hall–Kier alpha value is -3.56. The number of ether oxygens (including phenoxy) is 1. The van der Waals surface area contributed by atoms with Gasteiger partial charge in [-0.05, 0) is 52.3 Å². The van der Waals surface area contributed by atoms with Gasteiger partial charge in [0.1, 0.15) is 29.5 Å². The number of imide groups is 1. The molecule has 1 aromatic heterocycles. The van der Waals surface area contributed by atoms with E-state index in [2.05, 4.69) is 26.6 Å². The van der Waals surface area contributed by atoms with Crippen molar-refractivity contribution in [1.82, 2.24) is 10.2 Å². The lowest BCUT2D eigenvalue weighted by molar-refractivity contribution is -0.127. The number of hydrogen-bond acceptors (Lipinski definition) is 5. The predicted molar refractivity (Wildman–Crippen MR) is 127 cm³/mol. The lowest BCUT2D eigenvalue weighted by Crippen LogP contribution is -2.38. The van der Waals surface area contributed by atoms with Crippen molar-refractivity contribution in [2.24, 2.45) is 0 Å². The van der Waals surface area contributed by atoms with Crippen molar-refractivity contribution in [3.05, 3.63) is 75.5 Å². The van der Waals surface area contributed by atoms with E-state index in [0.29, 0.717) is 28.0 Å². The fraction of sp³-hybridized carbons (Fsp3) is 0.0870. The van der Waals surface area contributed by atoms with E-state index in [0.717, 1.165) is 14.9 Å². The minimum Gasteiger partial charge on any atom is -0.495 e. The van der Waals surface area contributed by atoms with E-state index in [1.54, 1.807) is 48.5 Å². The zero-order valence-electron chi connectivity index (χ0n) is 17.2. The van der Waals surface area contributed by atoms with Crippen molar-refractivity contribution >= 4 is 57.1 Å². The maximum atomic E-state index is 12.7. The first-order chi connectivity index (χ1) is 15.9. The van der Waals surface area contributed by atoms with Crippen LogP contribution in [0.5, 0.6) is 5.75 Å². The van der Waals surface area contributed by atoms with Crippen LogP contribution in [0.25, 0.3) is 17.4 Å². The maximum absolute atomic E-state index is 12.7. The summed E-state index contributed by atoms with van der Waals surface area (Å²) in [5, 5.41) is 5.63. The average Bonchev–Trinajstić information content (AvgIpc) is 3.36. The molecule has 2 heterocycles. The molecule has 0 bridgehead atoms. The van der Waals surface area contributed by atoms with Crippen molar-refractivity contribution in [1.29, 1.82) is 0 Å².